The molecule has 0 bridgehead atoms. The van der Waals surface area contributed by atoms with Crippen LogP contribution in [-0.4, -0.2) is 48.6 Å². The Bertz CT molecular complexity index is 1310. The molecule has 1 aromatic heterocycles. The van der Waals surface area contributed by atoms with Gasteiger partial charge in [-0.2, -0.15) is 13.2 Å². The molecule has 11 heteroatoms. The Balaban J connectivity index is 2.05. The molecular weight excluding hydrogens is 517 g/mol. The predicted molar refractivity (Wildman–Crippen MR) is 133 cm³/mol. The standard InChI is InChI=1S/C25H26ClF3N2O4S/c1-17(2)36(33,34)14-13-30(3)24(32)35-23-21(19-9-11-20(26)12-10-19)15-22(25(27,28)29)31(23)16-18-7-5-4-6-8-18/h4-12,15,17H,13-14,16H2,1-3H3. The van der Waals surface area contributed by atoms with E-state index >= 15 is 0 Å². The molecule has 0 radical (unpaired) electrons. The first-order valence-electron chi connectivity index (χ1n) is 11.0. The quantitative estimate of drug-likeness (QED) is 0.343. The molecule has 0 spiro atoms. The van der Waals surface area contributed by atoms with Crippen LogP contribution in [0.4, 0.5) is 18.0 Å². The first kappa shape index (κ1) is 27.6. The van der Waals surface area contributed by atoms with E-state index in [9.17, 15) is 26.4 Å². The molecule has 1 amide bonds. The minimum absolute atomic E-state index is 0.0477. The summed E-state index contributed by atoms with van der Waals surface area (Å²) in [5.74, 6) is -0.615. The number of carbonyl (C=O) groups is 1. The monoisotopic (exact) mass is 542 g/mol. The lowest BCUT2D eigenvalue weighted by Crippen LogP contribution is -2.35. The highest BCUT2D eigenvalue weighted by atomic mass is 35.5. The van der Waals surface area contributed by atoms with Crippen LogP contribution in [0.1, 0.15) is 25.1 Å². The van der Waals surface area contributed by atoms with Crippen LogP contribution in [-0.2, 0) is 22.6 Å². The highest BCUT2D eigenvalue weighted by Gasteiger charge is 2.38. The Morgan fingerprint density at radius 1 is 1.08 bits per heavy atom. The fraction of sp³-hybridized carbons (Fsp3) is 0.320. The van der Waals surface area contributed by atoms with Gasteiger partial charge in [-0.3, -0.25) is 0 Å². The summed E-state index contributed by atoms with van der Waals surface area (Å²) in [5.41, 5.74) is -0.0184. The highest BCUT2D eigenvalue weighted by Crippen LogP contribution is 2.41. The molecule has 1 heterocycles. The first-order valence-corrected chi connectivity index (χ1v) is 13.1. The topological polar surface area (TPSA) is 68.6 Å². The van der Waals surface area contributed by atoms with Crippen LogP contribution in [0, 0.1) is 0 Å². The zero-order chi connectivity index (χ0) is 26.7. The van der Waals surface area contributed by atoms with Crippen LogP contribution in [0.2, 0.25) is 5.02 Å². The molecule has 36 heavy (non-hydrogen) atoms. The molecule has 2 aromatic carbocycles. The summed E-state index contributed by atoms with van der Waals surface area (Å²) in [6.07, 6.45) is -5.72. The molecule has 0 aliphatic heterocycles. The summed E-state index contributed by atoms with van der Waals surface area (Å²) in [7, 11) is -2.11. The minimum atomic E-state index is -4.74. The number of aromatic nitrogens is 1. The second kappa shape index (κ2) is 11.0. The van der Waals surface area contributed by atoms with Crippen molar-refractivity contribution in [1.29, 1.82) is 0 Å². The van der Waals surface area contributed by atoms with E-state index in [1.807, 2.05) is 0 Å². The summed E-state index contributed by atoms with van der Waals surface area (Å²) in [5, 5.41) is -0.237. The molecule has 3 rings (SSSR count). The fourth-order valence-electron chi connectivity index (χ4n) is 3.39. The Kier molecular flexibility index (Phi) is 8.40. The van der Waals surface area contributed by atoms with Crippen LogP contribution in [0.15, 0.2) is 60.7 Å². The fourth-order valence-corrected chi connectivity index (χ4v) is 4.51. The average Bonchev–Trinajstić information content (AvgIpc) is 3.16. The summed E-state index contributed by atoms with van der Waals surface area (Å²) in [4.78, 5) is 13.9. The van der Waals surface area contributed by atoms with E-state index in [2.05, 4.69) is 0 Å². The molecule has 194 valence electrons. The van der Waals surface area contributed by atoms with Crippen molar-refractivity contribution in [1.82, 2.24) is 9.47 Å². The van der Waals surface area contributed by atoms with Gasteiger partial charge >= 0.3 is 12.3 Å². The van der Waals surface area contributed by atoms with Gasteiger partial charge in [-0.25, -0.2) is 13.2 Å². The van der Waals surface area contributed by atoms with Gasteiger partial charge in [-0.15, -0.1) is 0 Å². The van der Waals surface area contributed by atoms with E-state index in [0.717, 1.165) is 15.5 Å². The van der Waals surface area contributed by atoms with Gasteiger partial charge in [0.05, 0.1) is 17.5 Å². The van der Waals surface area contributed by atoms with E-state index in [0.29, 0.717) is 16.1 Å². The number of hydrogen-bond acceptors (Lipinski definition) is 4. The van der Waals surface area contributed by atoms with Crippen LogP contribution in [0.3, 0.4) is 0 Å². The molecule has 0 aliphatic rings. The molecule has 0 aliphatic carbocycles. The van der Waals surface area contributed by atoms with Crippen LogP contribution in [0.25, 0.3) is 11.1 Å². The maximum Gasteiger partial charge on any atom is 0.431 e. The van der Waals surface area contributed by atoms with E-state index in [1.165, 1.54) is 45.2 Å². The van der Waals surface area contributed by atoms with Gasteiger partial charge in [0.1, 0.15) is 5.69 Å². The Morgan fingerprint density at radius 2 is 1.69 bits per heavy atom. The number of amides is 1. The Morgan fingerprint density at radius 3 is 2.25 bits per heavy atom. The summed E-state index contributed by atoms with van der Waals surface area (Å²) in [6.45, 7) is 2.67. The number of nitrogens with zero attached hydrogens (tertiary/aromatic N) is 2. The van der Waals surface area contributed by atoms with Crippen molar-refractivity contribution in [3.05, 3.63) is 76.9 Å². The maximum absolute atomic E-state index is 14.1. The van der Waals surface area contributed by atoms with Gasteiger partial charge in [-0.1, -0.05) is 54.1 Å². The lowest BCUT2D eigenvalue weighted by atomic mass is 10.1. The lowest BCUT2D eigenvalue weighted by Gasteiger charge is -2.20. The SMILES string of the molecule is CC(C)S(=O)(=O)CCN(C)C(=O)Oc1c(-c2ccc(Cl)cc2)cc(C(F)(F)F)n1Cc1ccccc1. The predicted octanol–water partition coefficient (Wildman–Crippen LogP) is 6.13. The summed E-state index contributed by atoms with van der Waals surface area (Å²) in [6, 6.07) is 15.5. The van der Waals surface area contributed by atoms with Crippen LogP contribution < -0.4 is 4.74 Å². The van der Waals surface area contributed by atoms with Gasteiger partial charge in [0.2, 0.25) is 5.88 Å². The molecule has 0 unspecified atom stereocenters. The molecule has 0 saturated carbocycles. The maximum atomic E-state index is 14.1. The van der Waals surface area contributed by atoms with E-state index in [4.69, 9.17) is 16.3 Å². The summed E-state index contributed by atoms with van der Waals surface area (Å²) >= 11 is 5.95. The molecular formula is C25H26ClF3N2O4S. The second-order valence-electron chi connectivity index (χ2n) is 8.53. The van der Waals surface area contributed by atoms with Crippen molar-refractivity contribution in [3.8, 4) is 17.0 Å². The second-order valence-corrected chi connectivity index (χ2v) is 11.6. The molecule has 0 atom stereocenters. The number of halogens is 4. The third-order valence-corrected chi connectivity index (χ3v) is 8.04. The highest BCUT2D eigenvalue weighted by molar-refractivity contribution is 7.92. The van der Waals surface area contributed by atoms with Crippen LogP contribution in [0.5, 0.6) is 5.88 Å². The van der Waals surface area contributed by atoms with Gasteiger partial charge in [0.25, 0.3) is 0 Å². The molecule has 3 aromatic rings. The van der Waals surface area contributed by atoms with Crippen molar-refractivity contribution in [2.45, 2.75) is 31.8 Å². The third kappa shape index (κ3) is 6.61. The summed E-state index contributed by atoms with van der Waals surface area (Å²) < 4.78 is 73.0. The average molecular weight is 543 g/mol. The number of hydrogen-bond donors (Lipinski definition) is 0. The minimum Gasteiger partial charge on any atom is -0.392 e. The molecule has 0 N–H and O–H groups in total. The largest absolute Gasteiger partial charge is 0.431 e. The van der Waals surface area contributed by atoms with Gasteiger partial charge in [-0.05, 0) is 43.2 Å². The zero-order valence-corrected chi connectivity index (χ0v) is 21.5. The number of benzene rings is 2. The number of ether oxygens (including phenoxy) is 1. The zero-order valence-electron chi connectivity index (χ0n) is 19.9. The number of rotatable bonds is 8. The first-order chi connectivity index (χ1) is 16.8. The van der Waals surface area contributed by atoms with Crippen LogP contribution >= 0.6 is 11.6 Å². The van der Waals surface area contributed by atoms with Gasteiger partial charge < -0.3 is 14.2 Å². The molecule has 0 fully saturated rings. The number of carbonyl (C=O) groups excluding carboxylic acids is 1. The van der Waals surface area contributed by atoms with E-state index in [1.54, 1.807) is 30.3 Å². The van der Waals surface area contributed by atoms with Gasteiger partial charge in [0.15, 0.2) is 9.84 Å². The van der Waals surface area contributed by atoms with E-state index < -0.39 is 33.1 Å². The van der Waals surface area contributed by atoms with Crippen molar-refractivity contribution in [2.24, 2.45) is 0 Å². The lowest BCUT2D eigenvalue weighted by molar-refractivity contribution is -0.143. The van der Waals surface area contributed by atoms with Crippen molar-refractivity contribution in [2.75, 3.05) is 19.3 Å². The smallest absolute Gasteiger partial charge is 0.392 e. The molecule has 6 nitrogen and oxygen atoms in total. The van der Waals surface area contributed by atoms with Crippen molar-refractivity contribution < 1.29 is 31.1 Å². The van der Waals surface area contributed by atoms with Crippen molar-refractivity contribution >= 4 is 27.5 Å². The third-order valence-electron chi connectivity index (χ3n) is 5.60. The van der Waals surface area contributed by atoms with Gasteiger partial charge in [0, 0.05) is 24.2 Å². The normalized spacial score (nSPS) is 12.1. The Hall–Kier alpha value is -2.98. The number of sulfone groups is 1. The number of alkyl halides is 3. The van der Waals surface area contributed by atoms with Crippen molar-refractivity contribution in [3.63, 3.8) is 0 Å². The Labute approximate surface area is 213 Å². The van der Waals surface area contributed by atoms with E-state index in [-0.39, 0.29) is 30.3 Å². The molecule has 0 saturated heterocycles.